The summed E-state index contributed by atoms with van der Waals surface area (Å²) in [6, 6.07) is 4.11. The molecule has 1 aromatic rings. The van der Waals surface area contributed by atoms with Gasteiger partial charge in [-0.25, -0.2) is 14.4 Å². The molecule has 41 heavy (non-hydrogen) atoms. The van der Waals surface area contributed by atoms with Crippen LogP contribution in [0.5, 0.6) is 11.5 Å². The first kappa shape index (κ1) is 35.5. The van der Waals surface area contributed by atoms with Gasteiger partial charge >= 0.3 is 24.4 Å². The van der Waals surface area contributed by atoms with Gasteiger partial charge in [0.25, 0.3) is 0 Å². The molecule has 0 aliphatic heterocycles. The molecule has 1 unspecified atom stereocenters. The molecular weight excluding hydrogens is 538 g/mol. The molecule has 3 N–H and O–H groups in total. The predicted octanol–water partition coefficient (Wildman–Crippen LogP) is 6.15. The van der Waals surface area contributed by atoms with Crippen LogP contribution in [-0.4, -0.2) is 58.0 Å². The molecule has 0 aliphatic carbocycles. The molecule has 0 bridgehead atoms. The molecule has 0 saturated heterocycles. The second-order valence-electron chi connectivity index (χ2n) is 12.2. The van der Waals surface area contributed by atoms with E-state index in [9.17, 15) is 24.3 Å². The zero-order valence-electron chi connectivity index (χ0n) is 25.7. The van der Waals surface area contributed by atoms with Gasteiger partial charge in [-0.15, -0.1) is 0 Å². The van der Waals surface area contributed by atoms with Crippen molar-refractivity contribution in [1.82, 2.24) is 0 Å². The van der Waals surface area contributed by atoms with Crippen molar-refractivity contribution in [1.29, 1.82) is 0 Å². The van der Waals surface area contributed by atoms with Crippen LogP contribution in [0.2, 0.25) is 0 Å². The molecule has 0 heterocycles. The number of carboxylic acids is 1. The molecule has 0 fully saturated rings. The molecule has 232 valence electrons. The highest BCUT2D eigenvalue weighted by Gasteiger charge is 2.38. The molecule has 2 atom stereocenters. The molecule has 0 saturated carbocycles. The lowest BCUT2D eigenvalue weighted by Gasteiger charge is -2.29. The van der Waals surface area contributed by atoms with Gasteiger partial charge in [-0.05, 0) is 85.9 Å². The van der Waals surface area contributed by atoms with Crippen LogP contribution in [-0.2, 0) is 30.2 Å². The molecule has 0 spiro atoms. The summed E-state index contributed by atoms with van der Waals surface area (Å²) in [7, 11) is 0. The Morgan fingerprint density at radius 3 is 1.73 bits per heavy atom. The monoisotopic (exact) mass is 583 g/mol. The first-order valence-electron chi connectivity index (χ1n) is 13.5. The zero-order valence-corrected chi connectivity index (χ0v) is 25.7. The number of carbonyl (C=O) groups is 4. The van der Waals surface area contributed by atoms with Crippen molar-refractivity contribution >= 4 is 24.4 Å². The lowest BCUT2D eigenvalue weighted by molar-refractivity contribution is -0.145. The van der Waals surface area contributed by atoms with E-state index in [-0.39, 0.29) is 24.3 Å². The maximum Gasteiger partial charge on any atom is 0.514 e. The van der Waals surface area contributed by atoms with Crippen LogP contribution in [0.3, 0.4) is 0 Å². The third kappa shape index (κ3) is 12.7. The van der Waals surface area contributed by atoms with Gasteiger partial charge in [0, 0.05) is 12.8 Å². The second kappa shape index (κ2) is 13.9. The van der Waals surface area contributed by atoms with Crippen LogP contribution in [0.25, 0.3) is 0 Å². The molecule has 1 aromatic carbocycles. The van der Waals surface area contributed by atoms with Crippen molar-refractivity contribution in [2.75, 3.05) is 0 Å². The lowest BCUT2D eigenvalue weighted by Crippen LogP contribution is -2.52. The number of rotatable bonds is 12. The fraction of sp³-hybridized carbons (Fsp3) is 0.655. The zero-order chi connectivity index (χ0) is 31.8. The first-order chi connectivity index (χ1) is 18.6. The van der Waals surface area contributed by atoms with E-state index in [4.69, 9.17) is 34.2 Å². The maximum absolute atomic E-state index is 12.6. The topological polar surface area (TPSA) is 170 Å². The minimum Gasteiger partial charge on any atom is -0.480 e. The quantitative estimate of drug-likeness (QED) is 0.164. The Morgan fingerprint density at radius 1 is 0.805 bits per heavy atom. The van der Waals surface area contributed by atoms with E-state index in [0.29, 0.717) is 18.4 Å². The van der Waals surface area contributed by atoms with E-state index in [1.54, 1.807) is 48.5 Å². The molecule has 0 amide bonds. The molecule has 0 aromatic heterocycles. The predicted molar refractivity (Wildman–Crippen MR) is 149 cm³/mol. The minimum absolute atomic E-state index is 0.156. The molecule has 0 aliphatic rings. The highest BCUT2D eigenvalue weighted by atomic mass is 16.8. The summed E-state index contributed by atoms with van der Waals surface area (Å²) in [5.74, 6) is -1.72. The van der Waals surface area contributed by atoms with Crippen LogP contribution in [0.15, 0.2) is 18.2 Å². The normalized spacial score (nSPS) is 14.2. The van der Waals surface area contributed by atoms with Crippen molar-refractivity contribution in [3.8, 4) is 11.5 Å². The van der Waals surface area contributed by atoms with Gasteiger partial charge in [0.1, 0.15) is 28.4 Å². The SMILES string of the molecule is CCC(C)(C)OC(=O)Oc1ccc(CC(N)(C[C@H](C)OC(=O)OC(C)(C)C)C(=O)O)cc1OC(=O)OC(C)(C)CC. The van der Waals surface area contributed by atoms with Gasteiger partial charge in [-0.3, -0.25) is 4.79 Å². The van der Waals surface area contributed by atoms with Gasteiger partial charge in [0.05, 0.1) is 0 Å². The van der Waals surface area contributed by atoms with Crippen LogP contribution >= 0.6 is 0 Å². The maximum atomic E-state index is 12.6. The molecule has 12 heteroatoms. The fourth-order valence-corrected chi connectivity index (χ4v) is 3.24. The average Bonchev–Trinajstić information content (AvgIpc) is 2.78. The van der Waals surface area contributed by atoms with Crippen LogP contribution in [0.4, 0.5) is 14.4 Å². The summed E-state index contributed by atoms with van der Waals surface area (Å²) >= 11 is 0. The van der Waals surface area contributed by atoms with Crippen molar-refractivity contribution in [2.24, 2.45) is 5.73 Å². The van der Waals surface area contributed by atoms with E-state index < -0.39 is 52.9 Å². The number of carboxylic acid groups (broad SMARTS) is 1. The summed E-state index contributed by atoms with van der Waals surface area (Å²) in [4.78, 5) is 49.2. The highest BCUT2D eigenvalue weighted by Crippen LogP contribution is 2.32. The van der Waals surface area contributed by atoms with Crippen LogP contribution in [0.1, 0.15) is 94.1 Å². The number of carbonyl (C=O) groups excluding carboxylic acids is 3. The number of benzene rings is 1. The summed E-state index contributed by atoms with van der Waals surface area (Å²) in [5, 5.41) is 9.95. The number of hydrogen-bond acceptors (Lipinski definition) is 11. The Kier molecular flexibility index (Phi) is 12.0. The Balaban J connectivity index is 3.28. The molecule has 1 rings (SSSR count). The van der Waals surface area contributed by atoms with Gasteiger partial charge in [0.15, 0.2) is 11.5 Å². The molecular formula is C29H45NO11. The van der Waals surface area contributed by atoms with Gasteiger partial charge in [0.2, 0.25) is 0 Å². The summed E-state index contributed by atoms with van der Waals surface area (Å²) in [6.07, 6.45) is -3.45. The Morgan fingerprint density at radius 2 is 1.29 bits per heavy atom. The van der Waals surface area contributed by atoms with Gasteiger partial charge in [-0.2, -0.15) is 0 Å². The average molecular weight is 584 g/mol. The number of hydrogen-bond donors (Lipinski definition) is 2. The van der Waals surface area contributed by atoms with Crippen LogP contribution in [0, 0.1) is 0 Å². The minimum atomic E-state index is -1.89. The van der Waals surface area contributed by atoms with Gasteiger partial charge < -0.3 is 39.3 Å². The van der Waals surface area contributed by atoms with E-state index in [1.807, 2.05) is 13.8 Å². The van der Waals surface area contributed by atoms with E-state index in [1.165, 1.54) is 25.1 Å². The lowest BCUT2D eigenvalue weighted by atomic mass is 9.86. The summed E-state index contributed by atoms with van der Waals surface area (Å²) in [6.45, 7) is 17.0. The van der Waals surface area contributed by atoms with E-state index >= 15 is 0 Å². The van der Waals surface area contributed by atoms with Crippen molar-refractivity contribution in [3.05, 3.63) is 23.8 Å². The highest BCUT2D eigenvalue weighted by molar-refractivity contribution is 5.79. The van der Waals surface area contributed by atoms with Crippen molar-refractivity contribution in [2.45, 2.75) is 123 Å². The first-order valence-corrected chi connectivity index (χ1v) is 13.5. The fourth-order valence-electron chi connectivity index (χ4n) is 3.24. The number of ether oxygens (including phenoxy) is 6. The Labute approximate surface area is 241 Å². The standard InChI is InChI=1S/C29H45NO11/c1-11-27(7,8)40-24(34)37-20-14-13-19(15-21(20)38-25(35)41-28(9,10)12-2)17-29(30,22(31)32)16-18(3)36-23(33)39-26(4,5)6/h13-15,18H,11-12,16-17,30H2,1-10H3,(H,31,32)/t18-,29?/m0/s1. The van der Waals surface area contributed by atoms with E-state index in [0.717, 1.165) is 0 Å². The van der Waals surface area contributed by atoms with Crippen molar-refractivity contribution in [3.63, 3.8) is 0 Å². The van der Waals surface area contributed by atoms with Crippen LogP contribution < -0.4 is 15.2 Å². The molecule has 0 radical (unpaired) electrons. The number of nitrogens with two attached hydrogens (primary N) is 1. The van der Waals surface area contributed by atoms with E-state index in [2.05, 4.69) is 0 Å². The summed E-state index contributed by atoms with van der Waals surface area (Å²) in [5.41, 5.74) is 2.26. The van der Waals surface area contributed by atoms with Gasteiger partial charge in [-0.1, -0.05) is 19.9 Å². The third-order valence-corrected chi connectivity index (χ3v) is 6.10. The van der Waals surface area contributed by atoms with Crippen molar-refractivity contribution < 1.29 is 52.7 Å². The second-order valence-corrected chi connectivity index (χ2v) is 12.2. The number of aliphatic carboxylic acids is 1. The Hall–Kier alpha value is -3.54. The molecule has 12 nitrogen and oxygen atoms in total. The Bertz CT molecular complexity index is 1090. The smallest absolute Gasteiger partial charge is 0.480 e. The summed E-state index contributed by atoms with van der Waals surface area (Å²) < 4.78 is 31.6. The largest absolute Gasteiger partial charge is 0.514 e. The third-order valence-electron chi connectivity index (χ3n) is 6.10.